The van der Waals surface area contributed by atoms with Crippen molar-refractivity contribution in [3.63, 3.8) is 0 Å². The summed E-state index contributed by atoms with van der Waals surface area (Å²) >= 11 is 0. The predicted octanol–water partition coefficient (Wildman–Crippen LogP) is 5.05. The van der Waals surface area contributed by atoms with Crippen molar-refractivity contribution in [2.24, 2.45) is 0 Å². The monoisotopic (exact) mass is 415 g/mol. The van der Waals surface area contributed by atoms with Crippen molar-refractivity contribution in [3.8, 4) is 11.1 Å². The number of hydrogen-bond acceptors (Lipinski definition) is 4. The van der Waals surface area contributed by atoms with Crippen LogP contribution in [0.3, 0.4) is 0 Å². The highest BCUT2D eigenvalue weighted by atomic mass is 16.4. The maximum atomic E-state index is 12.4. The van der Waals surface area contributed by atoms with Crippen LogP contribution in [0.1, 0.15) is 47.8 Å². The van der Waals surface area contributed by atoms with E-state index in [1.807, 2.05) is 54.4 Å². The van der Waals surface area contributed by atoms with Gasteiger partial charge >= 0.3 is 5.97 Å². The van der Waals surface area contributed by atoms with Gasteiger partial charge in [0.2, 0.25) is 5.91 Å². The number of carbonyl (C=O) groups is 2. The quantitative estimate of drug-likeness (QED) is 0.623. The topological polar surface area (TPSA) is 82.5 Å². The SMILES string of the molecule is CC(=O)N1c2ccc(-c3ccc(C(=O)O)cc3)cc2C(Nc2ccc(C)cn2)CC1C. The normalized spacial score (nSPS) is 17.7. The van der Waals surface area contributed by atoms with E-state index in [0.717, 1.165) is 40.2 Å². The lowest BCUT2D eigenvalue weighted by atomic mass is 9.89. The third-order valence-corrected chi connectivity index (χ3v) is 5.72. The second-order valence-electron chi connectivity index (χ2n) is 8.05. The smallest absolute Gasteiger partial charge is 0.335 e. The van der Waals surface area contributed by atoms with Crippen LogP contribution in [0, 0.1) is 6.92 Å². The molecule has 3 aromatic rings. The molecule has 1 aliphatic rings. The zero-order valence-corrected chi connectivity index (χ0v) is 17.8. The first kappa shape index (κ1) is 20.6. The summed E-state index contributed by atoms with van der Waals surface area (Å²) in [5, 5.41) is 12.7. The summed E-state index contributed by atoms with van der Waals surface area (Å²) in [5.41, 5.74) is 5.16. The third-order valence-electron chi connectivity index (χ3n) is 5.72. The van der Waals surface area contributed by atoms with Crippen LogP contribution >= 0.6 is 0 Å². The Balaban J connectivity index is 1.75. The van der Waals surface area contributed by atoms with Gasteiger partial charge in [0.1, 0.15) is 5.82 Å². The number of anilines is 2. The first-order chi connectivity index (χ1) is 14.8. The minimum absolute atomic E-state index is 0.00551. The van der Waals surface area contributed by atoms with Gasteiger partial charge in [-0.2, -0.15) is 0 Å². The van der Waals surface area contributed by atoms with Crippen molar-refractivity contribution in [1.29, 1.82) is 0 Å². The lowest BCUT2D eigenvalue weighted by Gasteiger charge is -2.39. The Labute approximate surface area is 181 Å². The van der Waals surface area contributed by atoms with Gasteiger partial charge in [-0.25, -0.2) is 9.78 Å². The highest BCUT2D eigenvalue weighted by molar-refractivity contribution is 5.94. The van der Waals surface area contributed by atoms with Crippen molar-refractivity contribution < 1.29 is 14.7 Å². The Hall–Kier alpha value is -3.67. The summed E-state index contributed by atoms with van der Waals surface area (Å²) in [6, 6.07) is 16.9. The fraction of sp³-hybridized carbons (Fsp3) is 0.240. The fourth-order valence-electron chi connectivity index (χ4n) is 4.20. The molecule has 6 nitrogen and oxygen atoms in total. The summed E-state index contributed by atoms with van der Waals surface area (Å²) in [5.74, 6) is -0.140. The zero-order valence-electron chi connectivity index (χ0n) is 17.8. The Kier molecular flexibility index (Phi) is 5.46. The number of fused-ring (bicyclic) bond motifs is 1. The minimum atomic E-state index is -0.946. The van der Waals surface area contributed by atoms with Crippen molar-refractivity contribution in [3.05, 3.63) is 77.5 Å². The molecule has 2 unspecified atom stereocenters. The zero-order chi connectivity index (χ0) is 22.1. The van der Waals surface area contributed by atoms with Crippen LogP contribution in [0.25, 0.3) is 11.1 Å². The highest BCUT2D eigenvalue weighted by Gasteiger charge is 2.32. The molecule has 2 aromatic carbocycles. The summed E-state index contributed by atoms with van der Waals surface area (Å²) in [7, 11) is 0. The number of amides is 1. The Bertz CT molecular complexity index is 1120. The number of carbonyl (C=O) groups excluding carboxylic acids is 1. The molecule has 1 amide bonds. The number of nitrogens with zero attached hydrogens (tertiary/aromatic N) is 2. The molecule has 31 heavy (non-hydrogen) atoms. The molecule has 158 valence electrons. The molecular weight excluding hydrogens is 390 g/mol. The summed E-state index contributed by atoms with van der Waals surface area (Å²) in [6.45, 7) is 5.65. The Morgan fingerprint density at radius 3 is 2.39 bits per heavy atom. The Morgan fingerprint density at radius 1 is 1.06 bits per heavy atom. The third kappa shape index (κ3) is 4.14. The van der Waals surface area contributed by atoms with Crippen molar-refractivity contribution in [1.82, 2.24) is 4.98 Å². The maximum Gasteiger partial charge on any atom is 0.335 e. The van der Waals surface area contributed by atoms with Crippen LogP contribution < -0.4 is 10.2 Å². The number of rotatable bonds is 4. The van der Waals surface area contributed by atoms with Gasteiger partial charge in [0.25, 0.3) is 0 Å². The lowest BCUT2D eigenvalue weighted by Crippen LogP contribution is -2.43. The number of aromatic nitrogens is 1. The van der Waals surface area contributed by atoms with E-state index >= 15 is 0 Å². The summed E-state index contributed by atoms with van der Waals surface area (Å²) in [4.78, 5) is 29.8. The van der Waals surface area contributed by atoms with Gasteiger partial charge in [-0.15, -0.1) is 0 Å². The van der Waals surface area contributed by atoms with Crippen molar-refractivity contribution in [2.45, 2.75) is 39.3 Å². The van der Waals surface area contributed by atoms with E-state index in [4.69, 9.17) is 5.11 Å². The van der Waals surface area contributed by atoms with E-state index < -0.39 is 5.97 Å². The lowest BCUT2D eigenvalue weighted by molar-refractivity contribution is -0.117. The van der Waals surface area contributed by atoms with Gasteiger partial charge in [-0.05, 0) is 72.9 Å². The number of pyridine rings is 1. The van der Waals surface area contributed by atoms with Gasteiger partial charge < -0.3 is 15.3 Å². The number of aromatic carboxylic acids is 1. The molecule has 2 N–H and O–H groups in total. The second kappa shape index (κ2) is 8.22. The maximum absolute atomic E-state index is 12.4. The van der Waals surface area contributed by atoms with Crippen LogP contribution in [0.4, 0.5) is 11.5 Å². The first-order valence-electron chi connectivity index (χ1n) is 10.3. The van der Waals surface area contributed by atoms with Gasteiger partial charge in [-0.3, -0.25) is 4.79 Å². The summed E-state index contributed by atoms with van der Waals surface area (Å²) in [6.07, 6.45) is 2.58. The number of carboxylic acid groups (broad SMARTS) is 1. The van der Waals surface area contributed by atoms with Gasteiger partial charge in [0.15, 0.2) is 0 Å². The standard InChI is InChI=1S/C25H25N3O3/c1-15-4-11-24(26-14-15)27-22-12-16(2)28(17(3)29)23-10-9-20(13-21(22)23)18-5-7-19(8-6-18)25(30)31/h4-11,13-14,16,22H,12H2,1-3H3,(H,26,27)(H,30,31). The van der Waals surface area contributed by atoms with Crippen LogP contribution in [0.5, 0.6) is 0 Å². The first-order valence-corrected chi connectivity index (χ1v) is 10.3. The van der Waals surface area contributed by atoms with Gasteiger partial charge in [-0.1, -0.05) is 24.3 Å². The van der Waals surface area contributed by atoms with E-state index in [-0.39, 0.29) is 23.6 Å². The van der Waals surface area contributed by atoms with Crippen LogP contribution in [0.2, 0.25) is 0 Å². The largest absolute Gasteiger partial charge is 0.478 e. The summed E-state index contributed by atoms with van der Waals surface area (Å²) < 4.78 is 0. The highest BCUT2D eigenvalue weighted by Crippen LogP contribution is 2.41. The molecule has 0 fully saturated rings. The number of hydrogen-bond donors (Lipinski definition) is 2. The molecule has 1 aromatic heterocycles. The fourth-order valence-corrected chi connectivity index (χ4v) is 4.20. The minimum Gasteiger partial charge on any atom is -0.478 e. The molecule has 0 radical (unpaired) electrons. The number of benzene rings is 2. The molecule has 2 heterocycles. The molecule has 2 atom stereocenters. The molecule has 4 rings (SSSR count). The molecule has 0 saturated heterocycles. The van der Waals surface area contributed by atoms with Crippen molar-refractivity contribution >= 4 is 23.4 Å². The Morgan fingerprint density at radius 2 is 1.77 bits per heavy atom. The van der Waals surface area contributed by atoms with Crippen LogP contribution in [-0.2, 0) is 4.79 Å². The predicted molar refractivity (Wildman–Crippen MR) is 121 cm³/mol. The van der Waals surface area contributed by atoms with E-state index in [9.17, 15) is 9.59 Å². The number of aryl methyl sites for hydroxylation is 1. The van der Waals surface area contributed by atoms with Crippen LogP contribution in [0.15, 0.2) is 60.8 Å². The van der Waals surface area contributed by atoms with E-state index in [0.29, 0.717) is 0 Å². The molecule has 0 aliphatic carbocycles. The average molecular weight is 415 g/mol. The molecule has 0 spiro atoms. The van der Waals surface area contributed by atoms with Gasteiger partial charge in [0, 0.05) is 24.8 Å². The molecule has 0 bridgehead atoms. The van der Waals surface area contributed by atoms with Gasteiger partial charge in [0.05, 0.1) is 11.6 Å². The van der Waals surface area contributed by atoms with E-state index in [1.54, 1.807) is 19.1 Å². The molecule has 0 saturated carbocycles. The molecule has 6 heteroatoms. The number of carboxylic acids is 1. The molecule has 1 aliphatic heterocycles. The molecular formula is C25H25N3O3. The number of nitrogens with one attached hydrogen (secondary N) is 1. The average Bonchev–Trinajstić information content (AvgIpc) is 2.75. The van der Waals surface area contributed by atoms with E-state index in [1.165, 1.54) is 0 Å². The van der Waals surface area contributed by atoms with Crippen LogP contribution in [-0.4, -0.2) is 28.0 Å². The van der Waals surface area contributed by atoms with Crippen molar-refractivity contribution in [2.75, 3.05) is 10.2 Å². The second-order valence-corrected chi connectivity index (χ2v) is 8.05. The van der Waals surface area contributed by atoms with E-state index in [2.05, 4.69) is 23.3 Å².